The van der Waals surface area contributed by atoms with Crippen LogP contribution in [0.25, 0.3) is 10.8 Å². The Morgan fingerprint density at radius 1 is 1.00 bits per heavy atom. The summed E-state index contributed by atoms with van der Waals surface area (Å²) in [5.41, 5.74) is 1.38. The second-order valence-corrected chi connectivity index (χ2v) is 21.4. The van der Waals surface area contributed by atoms with E-state index in [1.807, 2.05) is 0 Å². The number of ether oxygens (including phenoxy) is 1. The zero-order valence-corrected chi connectivity index (χ0v) is 13.9. The van der Waals surface area contributed by atoms with E-state index in [1.54, 1.807) is 7.11 Å². The minimum atomic E-state index is -1.82. The maximum absolute atomic E-state index is 5.53. The summed E-state index contributed by atoms with van der Waals surface area (Å²) < 4.78 is 6.77. The van der Waals surface area contributed by atoms with Crippen LogP contribution in [0.3, 0.4) is 0 Å². The normalized spacial score (nSPS) is 11.8. The van der Waals surface area contributed by atoms with Crippen molar-refractivity contribution in [3.05, 3.63) is 42.0 Å². The van der Waals surface area contributed by atoms with Gasteiger partial charge in [-0.15, -0.1) is 0 Å². The molecule has 2 heteroatoms. The van der Waals surface area contributed by atoms with E-state index >= 15 is 0 Å². The van der Waals surface area contributed by atoms with Crippen molar-refractivity contribution in [2.24, 2.45) is 0 Å². The van der Waals surface area contributed by atoms with Crippen molar-refractivity contribution in [3.8, 4) is 5.75 Å². The van der Waals surface area contributed by atoms with Crippen LogP contribution in [0.5, 0.6) is 5.75 Å². The van der Waals surface area contributed by atoms with Crippen molar-refractivity contribution in [2.75, 3.05) is 7.11 Å². The Labute approximate surface area is 108 Å². The predicted octanol–water partition coefficient (Wildman–Crippen LogP) is 4.27. The average molecular weight is 335 g/mol. The van der Waals surface area contributed by atoms with Gasteiger partial charge in [0.05, 0.1) is 0 Å². The van der Waals surface area contributed by atoms with Gasteiger partial charge in [0.15, 0.2) is 0 Å². The van der Waals surface area contributed by atoms with E-state index in [0.29, 0.717) is 0 Å². The van der Waals surface area contributed by atoms with Gasteiger partial charge in [0, 0.05) is 0 Å². The van der Waals surface area contributed by atoms with Crippen LogP contribution in [0.1, 0.15) is 5.56 Å². The molecule has 0 atom stereocenters. The molecule has 0 aliphatic carbocycles. The molecule has 0 amide bonds. The van der Waals surface area contributed by atoms with Crippen LogP contribution in [-0.4, -0.2) is 25.5 Å². The zero-order valence-electron chi connectivity index (χ0n) is 11.1. The van der Waals surface area contributed by atoms with Crippen molar-refractivity contribution in [1.82, 2.24) is 0 Å². The molecule has 2 aromatic rings. The topological polar surface area (TPSA) is 9.23 Å². The molecule has 0 spiro atoms. The standard InChI is InChI=1S/C12H11O.3CH3.Sn/c1-9-7-10-5-3-4-6-11(10)8-12(9)13-2;;;;/h3-8H,1H2,2H3;3*1H3;. The van der Waals surface area contributed by atoms with Gasteiger partial charge in [-0.25, -0.2) is 0 Å². The molecule has 0 N–H and O–H groups in total. The van der Waals surface area contributed by atoms with Crippen molar-refractivity contribution < 1.29 is 4.74 Å². The molecule has 0 saturated heterocycles. The van der Waals surface area contributed by atoms with Gasteiger partial charge in [-0.1, -0.05) is 0 Å². The summed E-state index contributed by atoms with van der Waals surface area (Å²) in [6, 6.07) is 13.0. The summed E-state index contributed by atoms with van der Waals surface area (Å²) in [7, 11) is 1.77. The van der Waals surface area contributed by atoms with Gasteiger partial charge in [0.1, 0.15) is 0 Å². The first-order chi connectivity index (χ1) is 7.99. The molecule has 0 aromatic heterocycles. The molecule has 17 heavy (non-hydrogen) atoms. The predicted molar refractivity (Wildman–Crippen MR) is 77.6 cm³/mol. The molecule has 0 aliphatic rings. The molecule has 1 nitrogen and oxygen atoms in total. The third kappa shape index (κ3) is 3.15. The first-order valence-electron chi connectivity index (χ1n) is 6.05. The number of benzene rings is 2. The van der Waals surface area contributed by atoms with E-state index in [0.717, 1.165) is 5.75 Å². The second-order valence-electron chi connectivity index (χ2n) is 5.75. The van der Waals surface area contributed by atoms with Gasteiger partial charge >= 0.3 is 108 Å². The molecule has 2 aromatic carbocycles. The Hall–Kier alpha value is -0.701. The van der Waals surface area contributed by atoms with Crippen LogP contribution in [0.2, 0.25) is 14.8 Å². The average Bonchev–Trinajstić information content (AvgIpc) is 2.26. The third-order valence-electron chi connectivity index (χ3n) is 2.87. The van der Waals surface area contributed by atoms with Crippen molar-refractivity contribution in [1.29, 1.82) is 0 Å². The Bertz CT molecular complexity index is 526. The van der Waals surface area contributed by atoms with Crippen LogP contribution < -0.4 is 4.74 Å². The third-order valence-corrected chi connectivity index (χ3v) is 6.98. The summed E-state index contributed by atoms with van der Waals surface area (Å²) >= 11 is -1.82. The molecular formula is C15H20OSn. The van der Waals surface area contributed by atoms with Crippen LogP contribution in [0, 0.1) is 0 Å². The van der Waals surface area contributed by atoms with Crippen LogP contribution in [-0.2, 0) is 4.44 Å². The molecule has 0 aliphatic heterocycles. The van der Waals surface area contributed by atoms with E-state index in [9.17, 15) is 0 Å². The van der Waals surface area contributed by atoms with E-state index in [2.05, 4.69) is 51.2 Å². The molecule has 0 unspecified atom stereocenters. The van der Waals surface area contributed by atoms with Gasteiger partial charge in [0.25, 0.3) is 0 Å². The van der Waals surface area contributed by atoms with Crippen molar-refractivity contribution in [2.45, 2.75) is 19.3 Å². The number of hydrogen-bond donors (Lipinski definition) is 0. The number of hydrogen-bond acceptors (Lipinski definition) is 1. The van der Waals surface area contributed by atoms with Gasteiger partial charge in [-0.2, -0.15) is 0 Å². The van der Waals surface area contributed by atoms with E-state index in [4.69, 9.17) is 4.74 Å². The molecule has 0 saturated carbocycles. The summed E-state index contributed by atoms with van der Waals surface area (Å²) in [5.74, 6) is 1.05. The number of fused-ring (bicyclic) bond motifs is 1. The van der Waals surface area contributed by atoms with E-state index < -0.39 is 18.4 Å². The molecule has 0 fully saturated rings. The molecular weight excluding hydrogens is 315 g/mol. The Kier molecular flexibility index (Phi) is 3.66. The molecule has 2 rings (SSSR count). The van der Waals surface area contributed by atoms with Crippen LogP contribution >= 0.6 is 0 Å². The van der Waals surface area contributed by atoms with E-state index in [-0.39, 0.29) is 0 Å². The SMILES string of the molecule is COc1cc2ccccc2cc1[CH2][Sn]([CH3])([CH3])[CH3]. The number of rotatable bonds is 3. The van der Waals surface area contributed by atoms with Gasteiger partial charge in [0.2, 0.25) is 0 Å². The minimum absolute atomic E-state index is 1.05. The maximum atomic E-state index is 5.53. The summed E-state index contributed by atoms with van der Waals surface area (Å²) in [4.78, 5) is 7.38. The zero-order chi connectivity index (χ0) is 12.5. The number of methoxy groups -OCH3 is 1. The Morgan fingerprint density at radius 3 is 2.12 bits per heavy atom. The summed E-state index contributed by atoms with van der Waals surface area (Å²) in [6.45, 7) is 0. The van der Waals surface area contributed by atoms with Crippen molar-refractivity contribution in [3.63, 3.8) is 0 Å². The first-order valence-corrected chi connectivity index (χ1v) is 16.6. The van der Waals surface area contributed by atoms with Gasteiger partial charge < -0.3 is 0 Å². The fourth-order valence-corrected chi connectivity index (χ4v) is 6.22. The Morgan fingerprint density at radius 2 is 1.59 bits per heavy atom. The quantitative estimate of drug-likeness (QED) is 0.762. The van der Waals surface area contributed by atoms with Crippen LogP contribution in [0.4, 0.5) is 0 Å². The van der Waals surface area contributed by atoms with Crippen LogP contribution in [0.15, 0.2) is 36.4 Å². The fraction of sp³-hybridized carbons (Fsp3) is 0.333. The molecule has 90 valence electrons. The second kappa shape index (κ2) is 4.89. The monoisotopic (exact) mass is 336 g/mol. The molecule has 0 radical (unpaired) electrons. The van der Waals surface area contributed by atoms with E-state index in [1.165, 1.54) is 20.8 Å². The Balaban J connectivity index is 2.53. The van der Waals surface area contributed by atoms with Gasteiger partial charge in [-0.05, 0) is 0 Å². The molecule has 0 heterocycles. The van der Waals surface area contributed by atoms with Gasteiger partial charge in [-0.3, -0.25) is 0 Å². The fourth-order valence-electron chi connectivity index (χ4n) is 2.17. The summed E-state index contributed by atoms with van der Waals surface area (Å²) in [6.07, 6.45) is 0. The first kappa shape index (κ1) is 12.7. The molecule has 0 bridgehead atoms. The van der Waals surface area contributed by atoms with Crippen molar-refractivity contribution >= 4 is 29.1 Å². The summed E-state index contributed by atoms with van der Waals surface area (Å²) in [5, 5.41) is 2.58.